The summed E-state index contributed by atoms with van der Waals surface area (Å²) >= 11 is 0. The summed E-state index contributed by atoms with van der Waals surface area (Å²) in [6.07, 6.45) is 1.12. The summed E-state index contributed by atoms with van der Waals surface area (Å²) in [6, 6.07) is 0. The molecule has 4 nitrogen and oxygen atoms in total. The molecule has 0 saturated carbocycles. The van der Waals surface area contributed by atoms with E-state index >= 15 is 0 Å². The largest absolute Gasteiger partial charge is 0.460 e. The van der Waals surface area contributed by atoms with Crippen molar-refractivity contribution in [1.29, 1.82) is 0 Å². The van der Waals surface area contributed by atoms with E-state index in [0.717, 1.165) is 6.08 Å². The standard InChI is InChI=1S/C6H10O3.H2O/c1-3-6(7)9-5-4-8-2;/h3H,1,4-5H2,2H3;1H2. The number of ether oxygens (including phenoxy) is 2. The van der Waals surface area contributed by atoms with Gasteiger partial charge in [0.1, 0.15) is 6.61 Å². The van der Waals surface area contributed by atoms with Gasteiger partial charge in [0.25, 0.3) is 0 Å². The molecule has 0 aromatic heterocycles. The molecule has 0 aliphatic rings. The highest BCUT2D eigenvalue weighted by molar-refractivity contribution is 5.81. The molecule has 0 amide bonds. The predicted octanol–water partition coefficient (Wildman–Crippen LogP) is -0.463. The van der Waals surface area contributed by atoms with Crippen molar-refractivity contribution < 1.29 is 19.7 Å². The van der Waals surface area contributed by atoms with E-state index in [9.17, 15) is 4.79 Å². The predicted molar refractivity (Wildman–Crippen MR) is 36.6 cm³/mol. The molecule has 0 aromatic rings. The van der Waals surface area contributed by atoms with Crippen LogP contribution in [0.2, 0.25) is 0 Å². The van der Waals surface area contributed by atoms with Gasteiger partial charge in [-0.15, -0.1) is 0 Å². The molecule has 60 valence electrons. The van der Waals surface area contributed by atoms with Gasteiger partial charge in [-0.05, 0) is 0 Å². The van der Waals surface area contributed by atoms with Gasteiger partial charge < -0.3 is 14.9 Å². The summed E-state index contributed by atoms with van der Waals surface area (Å²) < 4.78 is 9.17. The Morgan fingerprint density at radius 1 is 1.60 bits per heavy atom. The zero-order valence-corrected chi connectivity index (χ0v) is 5.92. The maximum Gasteiger partial charge on any atom is 0.330 e. The van der Waals surface area contributed by atoms with Gasteiger partial charge in [0.15, 0.2) is 0 Å². The SMILES string of the molecule is C=CC(=O)OCCOC.O. The third kappa shape index (κ3) is 7.13. The van der Waals surface area contributed by atoms with Crippen molar-refractivity contribution in [1.82, 2.24) is 0 Å². The number of methoxy groups -OCH3 is 1. The van der Waals surface area contributed by atoms with Crippen LogP contribution in [0.15, 0.2) is 12.7 Å². The Kier molecular flexibility index (Phi) is 9.65. The van der Waals surface area contributed by atoms with Gasteiger partial charge in [0.05, 0.1) is 6.61 Å². The maximum absolute atomic E-state index is 10.3. The number of rotatable bonds is 4. The Morgan fingerprint density at radius 3 is 2.60 bits per heavy atom. The molecular formula is C6H12O4. The smallest absolute Gasteiger partial charge is 0.330 e. The molecule has 0 saturated heterocycles. The Morgan fingerprint density at radius 2 is 2.20 bits per heavy atom. The van der Waals surface area contributed by atoms with Gasteiger partial charge in [-0.1, -0.05) is 6.58 Å². The first-order valence-electron chi connectivity index (χ1n) is 2.59. The minimum Gasteiger partial charge on any atom is -0.460 e. The van der Waals surface area contributed by atoms with Crippen molar-refractivity contribution in [3.05, 3.63) is 12.7 Å². The van der Waals surface area contributed by atoms with Crippen LogP contribution in [-0.4, -0.2) is 31.8 Å². The second-order valence-corrected chi connectivity index (χ2v) is 1.36. The van der Waals surface area contributed by atoms with Crippen LogP contribution in [0.3, 0.4) is 0 Å². The van der Waals surface area contributed by atoms with Crippen LogP contribution in [0.1, 0.15) is 0 Å². The van der Waals surface area contributed by atoms with Crippen molar-refractivity contribution >= 4 is 5.97 Å². The van der Waals surface area contributed by atoms with E-state index in [1.54, 1.807) is 7.11 Å². The number of hydrogen-bond acceptors (Lipinski definition) is 3. The normalized spacial score (nSPS) is 7.70. The van der Waals surface area contributed by atoms with Crippen molar-refractivity contribution in [2.45, 2.75) is 0 Å². The summed E-state index contributed by atoms with van der Waals surface area (Å²) in [6.45, 7) is 3.95. The Balaban J connectivity index is 0. The molecule has 0 fully saturated rings. The topological polar surface area (TPSA) is 67.0 Å². The van der Waals surface area contributed by atoms with Crippen LogP contribution in [0.4, 0.5) is 0 Å². The summed E-state index contributed by atoms with van der Waals surface area (Å²) in [5.41, 5.74) is 0. The number of hydrogen-bond donors (Lipinski definition) is 0. The zero-order chi connectivity index (χ0) is 7.11. The number of carbonyl (C=O) groups excluding carboxylic acids is 1. The minimum atomic E-state index is -0.410. The highest BCUT2D eigenvalue weighted by Gasteiger charge is 1.91. The summed E-state index contributed by atoms with van der Waals surface area (Å²) in [5, 5.41) is 0. The van der Waals surface area contributed by atoms with Gasteiger partial charge >= 0.3 is 5.97 Å². The molecule has 0 aromatic carbocycles. The second-order valence-electron chi connectivity index (χ2n) is 1.36. The number of carbonyl (C=O) groups is 1. The van der Waals surface area contributed by atoms with Gasteiger partial charge in [0.2, 0.25) is 0 Å². The van der Waals surface area contributed by atoms with Gasteiger partial charge in [0, 0.05) is 13.2 Å². The first-order valence-corrected chi connectivity index (χ1v) is 2.59. The van der Waals surface area contributed by atoms with Crippen molar-refractivity contribution in [2.75, 3.05) is 20.3 Å². The maximum atomic E-state index is 10.3. The Bertz CT molecular complexity index is 99.9. The molecule has 0 radical (unpaired) electrons. The van der Waals surface area contributed by atoms with Gasteiger partial charge in [-0.3, -0.25) is 0 Å². The fraction of sp³-hybridized carbons (Fsp3) is 0.500. The molecule has 0 rings (SSSR count). The van der Waals surface area contributed by atoms with Crippen molar-refractivity contribution in [2.24, 2.45) is 0 Å². The van der Waals surface area contributed by atoms with Crippen molar-refractivity contribution in [3.63, 3.8) is 0 Å². The van der Waals surface area contributed by atoms with Crippen LogP contribution < -0.4 is 0 Å². The van der Waals surface area contributed by atoms with E-state index in [1.807, 2.05) is 0 Å². The van der Waals surface area contributed by atoms with E-state index < -0.39 is 5.97 Å². The molecule has 0 heterocycles. The molecule has 0 spiro atoms. The highest BCUT2D eigenvalue weighted by atomic mass is 16.6. The lowest BCUT2D eigenvalue weighted by Gasteiger charge is -1.98. The minimum absolute atomic E-state index is 0. The molecule has 0 bridgehead atoms. The molecule has 10 heavy (non-hydrogen) atoms. The van der Waals surface area contributed by atoms with Crippen LogP contribution >= 0.6 is 0 Å². The highest BCUT2D eigenvalue weighted by Crippen LogP contribution is 1.78. The van der Waals surface area contributed by atoms with E-state index in [4.69, 9.17) is 0 Å². The fourth-order valence-corrected chi connectivity index (χ4v) is 0.285. The average molecular weight is 148 g/mol. The van der Waals surface area contributed by atoms with E-state index in [1.165, 1.54) is 0 Å². The molecule has 0 aliphatic heterocycles. The van der Waals surface area contributed by atoms with E-state index in [0.29, 0.717) is 13.2 Å². The average Bonchev–Trinajstić information content (AvgIpc) is 1.89. The molecule has 0 unspecified atom stereocenters. The monoisotopic (exact) mass is 148 g/mol. The first-order chi connectivity index (χ1) is 4.31. The molecule has 2 N–H and O–H groups in total. The molecule has 0 atom stereocenters. The lowest BCUT2D eigenvalue weighted by molar-refractivity contribution is -0.138. The van der Waals surface area contributed by atoms with Gasteiger partial charge in [-0.25, -0.2) is 4.79 Å². The summed E-state index contributed by atoms with van der Waals surface area (Å²) in [7, 11) is 1.54. The van der Waals surface area contributed by atoms with Crippen LogP contribution in [0.25, 0.3) is 0 Å². The number of esters is 1. The third-order valence-electron chi connectivity index (χ3n) is 0.698. The summed E-state index contributed by atoms with van der Waals surface area (Å²) in [5.74, 6) is -0.410. The van der Waals surface area contributed by atoms with Crippen LogP contribution in [0.5, 0.6) is 0 Å². The zero-order valence-electron chi connectivity index (χ0n) is 5.92. The Labute approximate surface area is 59.7 Å². The molecule has 4 heteroatoms. The van der Waals surface area contributed by atoms with E-state index in [-0.39, 0.29) is 5.48 Å². The molecular weight excluding hydrogens is 136 g/mol. The Hall–Kier alpha value is -0.870. The lowest BCUT2D eigenvalue weighted by atomic mass is 10.6. The van der Waals surface area contributed by atoms with Crippen LogP contribution in [-0.2, 0) is 14.3 Å². The summed E-state index contributed by atoms with van der Waals surface area (Å²) in [4.78, 5) is 10.3. The van der Waals surface area contributed by atoms with Crippen LogP contribution in [0, 0.1) is 0 Å². The third-order valence-corrected chi connectivity index (χ3v) is 0.698. The second kappa shape index (κ2) is 8.13. The first kappa shape index (κ1) is 11.9. The molecule has 0 aliphatic carbocycles. The van der Waals surface area contributed by atoms with Gasteiger partial charge in [-0.2, -0.15) is 0 Å². The quantitative estimate of drug-likeness (QED) is 0.307. The van der Waals surface area contributed by atoms with E-state index in [2.05, 4.69) is 16.1 Å². The van der Waals surface area contributed by atoms with Crippen molar-refractivity contribution in [3.8, 4) is 0 Å². The fourth-order valence-electron chi connectivity index (χ4n) is 0.285. The lowest BCUT2D eigenvalue weighted by Crippen LogP contribution is -2.06.